The number of fused-ring (bicyclic) bond motifs is 1. The molecule has 0 fully saturated rings. The summed E-state index contributed by atoms with van der Waals surface area (Å²) in [6.07, 6.45) is 0. The summed E-state index contributed by atoms with van der Waals surface area (Å²) in [7, 11) is 0. The number of nitrogens with zero attached hydrogens (tertiary/aromatic N) is 2. The number of hydrogen-bond donors (Lipinski definition) is 1. The van der Waals surface area contributed by atoms with Crippen molar-refractivity contribution in [3.8, 4) is 0 Å². The van der Waals surface area contributed by atoms with Gasteiger partial charge in [-0.2, -0.15) is 0 Å². The van der Waals surface area contributed by atoms with E-state index in [1.165, 1.54) is 35.6 Å². The lowest BCUT2D eigenvalue weighted by atomic mass is 10.2. The molecule has 0 radical (unpaired) electrons. The van der Waals surface area contributed by atoms with Crippen LogP contribution in [-0.4, -0.2) is 20.8 Å². The number of amides is 1. The summed E-state index contributed by atoms with van der Waals surface area (Å²) < 4.78 is 13.2. The number of halogens is 1. The van der Waals surface area contributed by atoms with Crippen LogP contribution in [0.15, 0.2) is 70.8 Å². The minimum absolute atomic E-state index is 0.133. The Morgan fingerprint density at radius 3 is 2.57 bits per heavy atom. The number of nitrogens with one attached hydrogen (secondary N) is 1. The zero-order valence-corrected chi connectivity index (χ0v) is 15.6. The molecule has 1 amide bonds. The number of thiophene rings is 1. The van der Waals surface area contributed by atoms with Crippen LogP contribution in [0.25, 0.3) is 10.9 Å². The molecular formula is C21H16FN3O2S. The Morgan fingerprint density at radius 2 is 1.82 bits per heavy atom. The first-order valence-corrected chi connectivity index (χ1v) is 9.53. The van der Waals surface area contributed by atoms with E-state index in [0.29, 0.717) is 28.8 Å². The van der Waals surface area contributed by atoms with Gasteiger partial charge in [0, 0.05) is 10.4 Å². The lowest BCUT2D eigenvalue weighted by molar-refractivity contribution is 0.0727. The largest absolute Gasteiger partial charge is 0.326 e. The summed E-state index contributed by atoms with van der Waals surface area (Å²) in [5.41, 5.74) is 0.707. The highest BCUT2D eigenvalue weighted by atomic mass is 32.1. The van der Waals surface area contributed by atoms with Crippen LogP contribution in [0.5, 0.6) is 0 Å². The standard InChI is InChI=1S/C21H16FN3O2S/c22-15-9-7-14(8-10-15)21(27)25(12-16-4-3-11-28-16)13-19-23-18-6-2-1-5-17(18)20(26)24-19/h1-11H,12-13H2,(H,23,24,26). The molecule has 2 aromatic carbocycles. The van der Waals surface area contributed by atoms with E-state index < -0.39 is 5.82 Å². The fourth-order valence-corrected chi connectivity index (χ4v) is 3.68. The summed E-state index contributed by atoms with van der Waals surface area (Å²) in [5.74, 6) is -0.262. The van der Waals surface area contributed by atoms with Crippen molar-refractivity contribution in [1.82, 2.24) is 14.9 Å². The number of para-hydroxylation sites is 1. The van der Waals surface area contributed by atoms with Crippen LogP contribution in [0.4, 0.5) is 4.39 Å². The van der Waals surface area contributed by atoms with Gasteiger partial charge in [-0.3, -0.25) is 9.59 Å². The van der Waals surface area contributed by atoms with Gasteiger partial charge in [-0.1, -0.05) is 18.2 Å². The molecule has 0 spiro atoms. The second-order valence-electron chi connectivity index (χ2n) is 6.28. The Bertz CT molecular complexity index is 1170. The monoisotopic (exact) mass is 393 g/mol. The molecule has 28 heavy (non-hydrogen) atoms. The Hall–Kier alpha value is -3.32. The van der Waals surface area contributed by atoms with Crippen LogP contribution in [0, 0.1) is 5.82 Å². The molecule has 2 aromatic heterocycles. The maximum Gasteiger partial charge on any atom is 0.258 e. The third kappa shape index (κ3) is 3.84. The predicted octanol–water partition coefficient (Wildman–Crippen LogP) is 3.97. The number of carbonyl (C=O) groups is 1. The number of carbonyl (C=O) groups excluding carboxylic acids is 1. The zero-order valence-electron chi connectivity index (χ0n) is 14.8. The van der Waals surface area contributed by atoms with E-state index in [2.05, 4.69) is 9.97 Å². The Morgan fingerprint density at radius 1 is 1.04 bits per heavy atom. The van der Waals surface area contributed by atoms with Crippen LogP contribution >= 0.6 is 11.3 Å². The molecule has 5 nitrogen and oxygen atoms in total. The SMILES string of the molecule is O=C(c1ccc(F)cc1)N(Cc1nc2ccccc2c(=O)[nH]1)Cc1cccs1. The van der Waals surface area contributed by atoms with Gasteiger partial charge in [0.15, 0.2) is 0 Å². The normalized spacial score (nSPS) is 10.9. The molecule has 4 rings (SSSR count). The van der Waals surface area contributed by atoms with E-state index in [1.807, 2.05) is 23.6 Å². The second kappa shape index (κ2) is 7.74. The minimum atomic E-state index is -0.401. The number of rotatable bonds is 5. The van der Waals surface area contributed by atoms with Crippen molar-refractivity contribution >= 4 is 28.1 Å². The van der Waals surface area contributed by atoms with Crippen molar-refractivity contribution in [2.75, 3.05) is 0 Å². The Balaban J connectivity index is 1.68. The molecular weight excluding hydrogens is 377 g/mol. The molecule has 0 atom stereocenters. The predicted molar refractivity (Wildman–Crippen MR) is 107 cm³/mol. The van der Waals surface area contributed by atoms with Gasteiger partial charge in [0.1, 0.15) is 11.6 Å². The molecule has 1 N–H and O–H groups in total. The molecule has 7 heteroatoms. The van der Waals surface area contributed by atoms with Crippen LogP contribution in [0.2, 0.25) is 0 Å². The first-order chi connectivity index (χ1) is 13.6. The molecule has 140 valence electrons. The van der Waals surface area contributed by atoms with Gasteiger partial charge in [0.05, 0.1) is 24.0 Å². The smallest absolute Gasteiger partial charge is 0.258 e. The van der Waals surface area contributed by atoms with E-state index in [1.54, 1.807) is 23.1 Å². The summed E-state index contributed by atoms with van der Waals surface area (Å²) in [4.78, 5) is 35.2. The lowest BCUT2D eigenvalue weighted by Crippen LogP contribution is -2.31. The van der Waals surface area contributed by atoms with Crippen LogP contribution in [-0.2, 0) is 13.1 Å². The molecule has 0 aliphatic heterocycles. The highest BCUT2D eigenvalue weighted by Crippen LogP contribution is 2.17. The molecule has 0 saturated carbocycles. The van der Waals surface area contributed by atoms with Crippen LogP contribution in [0.1, 0.15) is 21.1 Å². The highest BCUT2D eigenvalue weighted by Gasteiger charge is 2.19. The number of benzene rings is 2. The van der Waals surface area contributed by atoms with E-state index in [9.17, 15) is 14.0 Å². The number of H-pyrrole nitrogens is 1. The molecule has 0 saturated heterocycles. The number of aromatic amines is 1. The summed E-state index contributed by atoms with van der Waals surface area (Å²) in [5, 5.41) is 2.44. The molecule has 4 aromatic rings. The topological polar surface area (TPSA) is 66.1 Å². The van der Waals surface area contributed by atoms with Crippen molar-refractivity contribution in [1.29, 1.82) is 0 Å². The zero-order chi connectivity index (χ0) is 19.5. The van der Waals surface area contributed by atoms with E-state index in [-0.39, 0.29) is 18.0 Å². The fraction of sp³-hybridized carbons (Fsp3) is 0.0952. The number of hydrogen-bond acceptors (Lipinski definition) is 4. The molecule has 0 bridgehead atoms. The van der Waals surface area contributed by atoms with Gasteiger partial charge in [0.25, 0.3) is 11.5 Å². The quantitative estimate of drug-likeness (QED) is 0.558. The van der Waals surface area contributed by atoms with Gasteiger partial charge >= 0.3 is 0 Å². The third-order valence-electron chi connectivity index (χ3n) is 4.31. The molecule has 2 heterocycles. The van der Waals surface area contributed by atoms with E-state index in [4.69, 9.17) is 0 Å². The highest BCUT2D eigenvalue weighted by molar-refractivity contribution is 7.09. The van der Waals surface area contributed by atoms with Crippen LogP contribution < -0.4 is 5.56 Å². The van der Waals surface area contributed by atoms with Gasteiger partial charge in [-0.15, -0.1) is 11.3 Å². The molecule has 0 aliphatic carbocycles. The van der Waals surface area contributed by atoms with Crippen LogP contribution in [0.3, 0.4) is 0 Å². The van der Waals surface area contributed by atoms with E-state index in [0.717, 1.165) is 4.88 Å². The minimum Gasteiger partial charge on any atom is -0.326 e. The first-order valence-electron chi connectivity index (χ1n) is 8.65. The van der Waals surface area contributed by atoms with Crippen molar-refractivity contribution in [3.63, 3.8) is 0 Å². The number of aromatic nitrogens is 2. The van der Waals surface area contributed by atoms with E-state index >= 15 is 0 Å². The molecule has 0 unspecified atom stereocenters. The first kappa shape index (κ1) is 18.1. The molecule has 0 aliphatic rings. The Kier molecular flexibility index (Phi) is 4.99. The Labute approximate surface area is 164 Å². The summed E-state index contributed by atoms with van der Waals surface area (Å²) >= 11 is 1.54. The summed E-state index contributed by atoms with van der Waals surface area (Å²) in [6.45, 7) is 0.499. The van der Waals surface area contributed by atoms with Gasteiger partial charge in [-0.05, 0) is 47.8 Å². The average Bonchev–Trinajstić information content (AvgIpc) is 3.21. The maximum absolute atomic E-state index is 13.2. The van der Waals surface area contributed by atoms with Gasteiger partial charge in [0.2, 0.25) is 0 Å². The second-order valence-corrected chi connectivity index (χ2v) is 7.31. The summed E-state index contributed by atoms with van der Waals surface area (Å²) in [6, 6.07) is 16.3. The maximum atomic E-state index is 13.2. The van der Waals surface area contributed by atoms with Crippen molar-refractivity contribution in [3.05, 3.63) is 98.5 Å². The van der Waals surface area contributed by atoms with Gasteiger partial charge < -0.3 is 9.88 Å². The average molecular weight is 393 g/mol. The lowest BCUT2D eigenvalue weighted by Gasteiger charge is -2.22. The van der Waals surface area contributed by atoms with Crippen molar-refractivity contribution < 1.29 is 9.18 Å². The van der Waals surface area contributed by atoms with Crippen molar-refractivity contribution in [2.24, 2.45) is 0 Å². The van der Waals surface area contributed by atoms with Gasteiger partial charge in [-0.25, -0.2) is 9.37 Å². The third-order valence-corrected chi connectivity index (χ3v) is 5.17. The van der Waals surface area contributed by atoms with Crippen molar-refractivity contribution in [2.45, 2.75) is 13.1 Å². The fourth-order valence-electron chi connectivity index (χ4n) is 2.96.